The maximum atomic E-state index is 11.0. The van der Waals surface area contributed by atoms with Crippen LogP contribution in [0.1, 0.15) is 20.3 Å². The van der Waals surface area contributed by atoms with E-state index in [1.807, 2.05) is 0 Å². The molecule has 6 heteroatoms. The number of anilines is 1. The van der Waals surface area contributed by atoms with Crippen molar-refractivity contribution in [1.82, 2.24) is 0 Å². The van der Waals surface area contributed by atoms with Gasteiger partial charge in [-0.05, 0) is 18.4 Å². The fourth-order valence-corrected chi connectivity index (χ4v) is 2.13. The van der Waals surface area contributed by atoms with Gasteiger partial charge in [0.2, 0.25) is 0 Å². The third-order valence-corrected chi connectivity index (χ3v) is 3.50. The van der Waals surface area contributed by atoms with Crippen molar-refractivity contribution in [3.05, 3.63) is 33.3 Å². The summed E-state index contributed by atoms with van der Waals surface area (Å²) in [5.74, 6) is 0.384. The van der Waals surface area contributed by atoms with Gasteiger partial charge in [-0.3, -0.25) is 10.1 Å². The minimum absolute atomic E-state index is 0.0214. The summed E-state index contributed by atoms with van der Waals surface area (Å²) >= 11 is 6.07. The van der Waals surface area contributed by atoms with Gasteiger partial charge in [0.05, 0.1) is 9.95 Å². The predicted molar refractivity (Wildman–Crippen MR) is 78.8 cm³/mol. The topological polar surface area (TPSA) is 72.4 Å². The van der Waals surface area contributed by atoms with Crippen molar-refractivity contribution in [3.8, 4) is 0 Å². The van der Waals surface area contributed by atoms with Gasteiger partial charge in [-0.1, -0.05) is 31.5 Å². The second-order valence-electron chi connectivity index (χ2n) is 4.98. The first-order valence-corrected chi connectivity index (χ1v) is 6.62. The maximum Gasteiger partial charge on any atom is 0.294 e. The molecule has 106 valence electrons. The number of nitrogens with zero attached hydrogens (tertiary/aromatic N) is 2. The van der Waals surface area contributed by atoms with Crippen molar-refractivity contribution in [3.63, 3.8) is 0 Å². The Labute approximate surface area is 118 Å². The molecule has 0 saturated carbocycles. The number of para-hydroxylation sites is 1. The first-order chi connectivity index (χ1) is 8.84. The van der Waals surface area contributed by atoms with Crippen LogP contribution in [0.4, 0.5) is 11.4 Å². The van der Waals surface area contributed by atoms with Gasteiger partial charge >= 0.3 is 0 Å². The van der Waals surface area contributed by atoms with Crippen LogP contribution in [0.2, 0.25) is 5.02 Å². The molecule has 0 spiro atoms. The van der Waals surface area contributed by atoms with Crippen LogP contribution in [0, 0.1) is 16.0 Å². The number of hydrogen-bond acceptors (Lipinski definition) is 4. The molecule has 0 aliphatic carbocycles. The van der Waals surface area contributed by atoms with Gasteiger partial charge in [0.15, 0.2) is 0 Å². The number of benzene rings is 1. The van der Waals surface area contributed by atoms with E-state index in [2.05, 4.69) is 13.8 Å². The molecule has 1 aromatic rings. The highest BCUT2D eigenvalue weighted by atomic mass is 35.5. The van der Waals surface area contributed by atoms with E-state index < -0.39 is 4.92 Å². The van der Waals surface area contributed by atoms with Crippen molar-refractivity contribution in [2.45, 2.75) is 26.3 Å². The largest absolute Gasteiger partial charge is 0.368 e. The van der Waals surface area contributed by atoms with Gasteiger partial charge in [-0.15, -0.1) is 0 Å². The highest BCUT2D eigenvalue weighted by molar-refractivity contribution is 6.33. The Morgan fingerprint density at radius 1 is 1.47 bits per heavy atom. The van der Waals surface area contributed by atoms with E-state index in [4.69, 9.17) is 17.3 Å². The van der Waals surface area contributed by atoms with E-state index in [-0.39, 0.29) is 11.7 Å². The number of nitro groups is 1. The lowest BCUT2D eigenvalue weighted by Gasteiger charge is -2.23. The number of rotatable bonds is 6. The summed E-state index contributed by atoms with van der Waals surface area (Å²) in [4.78, 5) is 12.4. The van der Waals surface area contributed by atoms with E-state index in [1.54, 1.807) is 24.1 Å². The molecule has 19 heavy (non-hydrogen) atoms. The molecule has 0 heterocycles. The van der Waals surface area contributed by atoms with Gasteiger partial charge in [0.1, 0.15) is 5.69 Å². The molecule has 1 rings (SSSR count). The Bertz CT molecular complexity index is 452. The molecule has 0 fully saturated rings. The van der Waals surface area contributed by atoms with Crippen LogP contribution >= 0.6 is 11.6 Å². The molecule has 0 amide bonds. The van der Waals surface area contributed by atoms with E-state index in [0.29, 0.717) is 23.2 Å². The zero-order chi connectivity index (χ0) is 14.6. The van der Waals surface area contributed by atoms with Gasteiger partial charge in [-0.2, -0.15) is 0 Å². The summed E-state index contributed by atoms with van der Waals surface area (Å²) in [6.45, 7) is 4.75. The van der Waals surface area contributed by atoms with Crippen molar-refractivity contribution in [2.24, 2.45) is 11.7 Å². The molecule has 1 unspecified atom stereocenters. The normalized spacial score (nSPS) is 12.5. The number of halogens is 1. The maximum absolute atomic E-state index is 11.0. The Kier molecular flexibility index (Phi) is 5.57. The van der Waals surface area contributed by atoms with Gasteiger partial charge < -0.3 is 10.6 Å². The molecule has 2 N–H and O–H groups in total. The molecule has 0 bridgehead atoms. The Hall–Kier alpha value is -1.33. The van der Waals surface area contributed by atoms with Crippen LogP contribution in [-0.2, 0) is 0 Å². The van der Waals surface area contributed by atoms with Crippen LogP contribution in [0.25, 0.3) is 0 Å². The lowest BCUT2D eigenvalue weighted by molar-refractivity contribution is -0.384. The number of nitro benzene ring substituents is 1. The van der Waals surface area contributed by atoms with Crippen LogP contribution in [-0.4, -0.2) is 24.6 Å². The van der Waals surface area contributed by atoms with Gasteiger partial charge in [0, 0.05) is 25.7 Å². The lowest BCUT2D eigenvalue weighted by Crippen LogP contribution is -2.32. The zero-order valence-electron chi connectivity index (χ0n) is 11.5. The highest BCUT2D eigenvalue weighted by Gasteiger charge is 2.20. The number of hydrogen-bond donors (Lipinski definition) is 1. The van der Waals surface area contributed by atoms with Crippen molar-refractivity contribution in [1.29, 1.82) is 0 Å². The lowest BCUT2D eigenvalue weighted by atomic mass is 10.0. The van der Waals surface area contributed by atoms with E-state index in [9.17, 15) is 10.1 Å². The molecule has 0 saturated heterocycles. The van der Waals surface area contributed by atoms with E-state index in [0.717, 1.165) is 6.42 Å². The third-order valence-electron chi connectivity index (χ3n) is 3.20. The van der Waals surface area contributed by atoms with E-state index in [1.165, 1.54) is 6.07 Å². The SMILES string of the molecule is CC(C)C(N)CCN(C)c1c(Cl)cccc1[N+](=O)[O-]. The van der Waals surface area contributed by atoms with Crippen LogP contribution in [0.5, 0.6) is 0 Å². The summed E-state index contributed by atoms with van der Waals surface area (Å²) in [6.07, 6.45) is 0.760. The smallest absolute Gasteiger partial charge is 0.294 e. The average Bonchev–Trinajstić information content (AvgIpc) is 2.34. The monoisotopic (exact) mass is 285 g/mol. The minimum atomic E-state index is -0.417. The summed E-state index contributed by atoms with van der Waals surface area (Å²) in [5.41, 5.74) is 6.46. The number of nitrogens with two attached hydrogens (primary N) is 1. The van der Waals surface area contributed by atoms with Crippen LogP contribution in [0.15, 0.2) is 18.2 Å². The van der Waals surface area contributed by atoms with Crippen molar-refractivity contribution >= 4 is 23.0 Å². The summed E-state index contributed by atoms with van der Waals surface area (Å²) in [7, 11) is 1.79. The zero-order valence-corrected chi connectivity index (χ0v) is 12.2. The van der Waals surface area contributed by atoms with Crippen LogP contribution in [0.3, 0.4) is 0 Å². The molecule has 1 aromatic carbocycles. The summed E-state index contributed by atoms with van der Waals surface area (Å²) in [5, 5.41) is 11.4. The molecular formula is C13H20ClN3O2. The summed E-state index contributed by atoms with van der Waals surface area (Å²) < 4.78 is 0. The molecule has 5 nitrogen and oxygen atoms in total. The van der Waals surface area contributed by atoms with Gasteiger partial charge in [0.25, 0.3) is 5.69 Å². The van der Waals surface area contributed by atoms with Gasteiger partial charge in [-0.25, -0.2) is 0 Å². The summed E-state index contributed by atoms with van der Waals surface area (Å²) in [6, 6.07) is 4.77. The van der Waals surface area contributed by atoms with Crippen molar-refractivity contribution in [2.75, 3.05) is 18.5 Å². The quantitative estimate of drug-likeness (QED) is 0.644. The van der Waals surface area contributed by atoms with Crippen LogP contribution < -0.4 is 10.6 Å². The first-order valence-electron chi connectivity index (χ1n) is 6.24. The third kappa shape index (κ3) is 4.08. The molecule has 0 aliphatic rings. The molecule has 0 radical (unpaired) electrons. The molecule has 1 atom stereocenters. The fraction of sp³-hybridized carbons (Fsp3) is 0.538. The first kappa shape index (κ1) is 15.7. The standard InChI is InChI=1S/C13H20ClN3O2/c1-9(2)11(15)7-8-16(3)13-10(14)5-4-6-12(13)17(18)19/h4-6,9,11H,7-8,15H2,1-3H3. The second kappa shape index (κ2) is 6.73. The molecule has 0 aliphatic heterocycles. The van der Waals surface area contributed by atoms with E-state index >= 15 is 0 Å². The average molecular weight is 286 g/mol. The minimum Gasteiger partial charge on any atom is -0.368 e. The highest BCUT2D eigenvalue weighted by Crippen LogP contribution is 2.34. The molecule has 0 aromatic heterocycles. The molecular weight excluding hydrogens is 266 g/mol. The predicted octanol–water partition coefficient (Wildman–Crippen LogP) is 3.06. The fourth-order valence-electron chi connectivity index (χ4n) is 1.82. The Morgan fingerprint density at radius 3 is 2.63 bits per heavy atom. The Morgan fingerprint density at radius 2 is 2.11 bits per heavy atom. The van der Waals surface area contributed by atoms with Crippen molar-refractivity contribution < 1.29 is 4.92 Å². The second-order valence-corrected chi connectivity index (χ2v) is 5.39. The Balaban J connectivity index is 2.87.